The molecule has 0 unspecified atom stereocenters. The Balaban J connectivity index is 1.70. The van der Waals surface area contributed by atoms with Crippen molar-refractivity contribution in [2.75, 3.05) is 7.11 Å². The topological polar surface area (TPSA) is 111 Å². The van der Waals surface area contributed by atoms with Gasteiger partial charge in [0.05, 0.1) is 24.6 Å². The van der Waals surface area contributed by atoms with E-state index in [1.54, 1.807) is 31.2 Å². The first-order valence-electron chi connectivity index (χ1n) is 7.79. The van der Waals surface area contributed by atoms with E-state index in [1.165, 1.54) is 13.2 Å². The maximum absolute atomic E-state index is 12.1. The summed E-state index contributed by atoms with van der Waals surface area (Å²) in [5.74, 6) is -0.345. The summed E-state index contributed by atoms with van der Waals surface area (Å²) in [6.45, 7) is 1.49. The minimum Gasteiger partial charge on any atom is -0.465 e. The number of methoxy groups -OCH3 is 1. The zero-order chi connectivity index (χ0) is 18.7. The third-order valence-corrected chi connectivity index (χ3v) is 3.84. The van der Waals surface area contributed by atoms with Crippen LogP contribution < -0.4 is 5.56 Å². The second-order valence-corrected chi connectivity index (χ2v) is 5.56. The Kier molecular flexibility index (Phi) is 4.83. The van der Waals surface area contributed by atoms with Crippen LogP contribution in [0.15, 0.2) is 39.5 Å². The molecule has 0 saturated carbocycles. The highest BCUT2D eigenvalue weighted by molar-refractivity contribution is 5.90. The molecule has 0 atom stereocenters. The predicted octanol–water partition coefficient (Wildman–Crippen LogP) is 1.90. The highest BCUT2D eigenvalue weighted by Crippen LogP contribution is 2.17. The third kappa shape index (κ3) is 3.49. The minimum atomic E-state index is -0.539. The number of furan rings is 1. The number of aryl methyl sites for hydroxylation is 1. The Hall–Kier alpha value is -3.42. The van der Waals surface area contributed by atoms with Gasteiger partial charge in [-0.25, -0.2) is 9.89 Å². The third-order valence-electron chi connectivity index (χ3n) is 3.84. The molecule has 2 heterocycles. The van der Waals surface area contributed by atoms with E-state index in [2.05, 4.69) is 14.9 Å². The molecule has 0 spiro atoms. The summed E-state index contributed by atoms with van der Waals surface area (Å²) in [7, 11) is 1.27. The Morgan fingerprint density at radius 1 is 1.23 bits per heavy atom. The Bertz CT molecular complexity index is 1030. The van der Waals surface area contributed by atoms with Crippen molar-refractivity contribution in [2.24, 2.45) is 0 Å². The number of hydrogen-bond acceptors (Lipinski definition) is 7. The maximum Gasteiger partial charge on any atom is 0.341 e. The Labute approximate surface area is 147 Å². The van der Waals surface area contributed by atoms with Gasteiger partial charge in [-0.05, 0) is 19.1 Å². The first-order chi connectivity index (χ1) is 12.5. The van der Waals surface area contributed by atoms with Crippen LogP contribution in [0.2, 0.25) is 0 Å². The summed E-state index contributed by atoms with van der Waals surface area (Å²) in [5, 5.41) is 7.35. The standard InChI is InChI=1S/C18H16N2O6/c1-10-14(18(23)24-2)7-11(26-10)9-25-16(21)8-15-12-5-3-4-6-13(12)17(22)20-19-15/h3-7H,8-9H2,1-2H3,(H,20,22). The van der Waals surface area contributed by atoms with Crippen molar-refractivity contribution in [1.29, 1.82) is 0 Å². The molecule has 134 valence electrons. The summed E-state index contributed by atoms with van der Waals surface area (Å²) in [4.78, 5) is 35.4. The zero-order valence-electron chi connectivity index (χ0n) is 14.2. The normalized spacial score (nSPS) is 10.7. The van der Waals surface area contributed by atoms with Crippen LogP contribution >= 0.6 is 0 Å². The summed E-state index contributed by atoms with van der Waals surface area (Å²) >= 11 is 0. The summed E-state index contributed by atoms with van der Waals surface area (Å²) < 4.78 is 15.2. The van der Waals surface area contributed by atoms with Crippen LogP contribution in [0.4, 0.5) is 0 Å². The average molecular weight is 356 g/mol. The molecule has 0 bridgehead atoms. The number of H-pyrrole nitrogens is 1. The van der Waals surface area contributed by atoms with E-state index in [0.29, 0.717) is 28.0 Å². The maximum atomic E-state index is 12.1. The van der Waals surface area contributed by atoms with Crippen molar-refractivity contribution in [2.45, 2.75) is 20.0 Å². The van der Waals surface area contributed by atoms with Gasteiger partial charge in [0, 0.05) is 5.39 Å². The number of nitrogens with one attached hydrogen (secondary N) is 1. The molecule has 8 nitrogen and oxygen atoms in total. The second-order valence-electron chi connectivity index (χ2n) is 5.56. The highest BCUT2D eigenvalue weighted by Gasteiger charge is 2.17. The van der Waals surface area contributed by atoms with Gasteiger partial charge in [0.25, 0.3) is 5.56 Å². The Morgan fingerprint density at radius 2 is 1.96 bits per heavy atom. The van der Waals surface area contributed by atoms with Crippen LogP contribution in [0.25, 0.3) is 10.8 Å². The van der Waals surface area contributed by atoms with Crippen molar-refractivity contribution in [3.8, 4) is 0 Å². The van der Waals surface area contributed by atoms with Gasteiger partial charge < -0.3 is 13.9 Å². The van der Waals surface area contributed by atoms with Crippen LogP contribution in [0.1, 0.15) is 27.6 Å². The van der Waals surface area contributed by atoms with E-state index >= 15 is 0 Å². The molecule has 0 radical (unpaired) electrons. The van der Waals surface area contributed by atoms with Gasteiger partial charge in [-0.1, -0.05) is 18.2 Å². The van der Waals surface area contributed by atoms with Crippen LogP contribution in [-0.2, 0) is 27.3 Å². The van der Waals surface area contributed by atoms with Crippen LogP contribution in [0.3, 0.4) is 0 Å². The van der Waals surface area contributed by atoms with Crippen molar-refractivity contribution >= 4 is 22.7 Å². The Morgan fingerprint density at radius 3 is 2.69 bits per heavy atom. The molecule has 0 fully saturated rings. The molecule has 0 aliphatic carbocycles. The molecule has 1 aromatic carbocycles. The SMILES string of the molecule is COC(=O)c1cc(COC(=O)Cc2n[nH]c(=O)c3ccccc23)oc1C. The van der Waals surface area contributed by atoms with Crippen molar-refractivity contribution in [3.05, 3.63) is 63.5 Å². The lowest BCUT2D eigenvalue weighted by molar-refractivity contribution is -0.144. The van der Waals surface area contributed by atoms with Gasteiger partial charge >= 0.3 is 11.9 Å². The van der Waals surface area contributed by atoms with Gasteiger partial charge in [0.2, 0.25) is 0 Å². The lowest BCUT2D eigenvalue weighted by Crippen LogP contribution is -2.15. The molecule has 2 aromatic heterocycles. The van der Waals surface area contributed by atoms with Gasteiger partial charge in [-0.3, -0.25) is 9.59 Å². The number of ether oxygens (including phenoxy) is 2. The van der Waals surface area contributed by atoms with Crippen LogP contribution in [-0.4, -0.2) is 29.2 Å². The number of hydrogen-bond donors (Lipinski definition) is 1. The fourth-order valence-electron chi connectivity index (χ4n) is 2.57. The fourth-order valence-corrected chi connectivity index (χ4v) is 2.57. The number of rotatable bonds is 5. The zero-order valence-corrected chi connectivity index (χ0v) is 14.2. The quantitative estimate of drug-likeness (QED) is 0.695. The summed E-state index contributed by atoms with van der Waals surface area (Å²) in [5.41, 5.74) is 0.377. The lowest BCUT2D eigenvalue weighted by atomic mass is 10.1. The fraction of sp³-hybridized carbons (Fsp3) is 0.222. The van der Waals surface area contributed by atoms with E-state index in [0.717, 1.165) is 0 Å². The number of benzene rings is 1. The van der Waals surface area contributed by atoms with Crippen molar-refractivity contribution in [3.63, 3.8) is 0 Å². The number of aromatic amines is 1. The van der Waals surface area contributed by atoms with Crippen molar-refractivity contribution < 1.29 is 23.5 Å². The first kappa shape index (κ1) is 17.4. The van der Waals surface area contributed by atoms with Gasteiger partial charge in [0.1, 0.15) is 23.7 Å². The number of nitrogens with zero attached hydrogens (tertiary/aromatic N) is 1. The molecule has 8 heteroatoms. The van der Waals surface area contributed by atoms with Gasteiger partial charge in [-0.15, -0.1) is 0 Å². The molecule has 0 aliphatic rings. The number of carbonyl (C=O) groups is 2. The highest BCUT2D eigenvalue weighted by atomic mass is 16.5. The van der Waals surface area contributed by atoms with Gasteiger partial charge in [0.15, 0.2) is 0 Å². The largest absolute Gasteiger partial charge is 0.465 e. The van der Waals surface area contributed by atoms with E-state index < -0.39 is 11.9 Å². The monoisotopic (exact) mass is 356 g/mol. The average Bonchev–Trinajstić information content (AvgIpc) is 3.03. The molecular weight excluding hydrogens is 340 g/mol. The molecule has 26 heavy (non-hydrogen) atoms. The summed E-state index contributed by atoms with van der Waals surface area (Å²) in [6, 6.07) is 8.35. The molecule has 0 amide bonds. The van der Waals surface area contributed by atoms with E-state index in [-0.39, 0.29) is 24.2 Å². The summed E-state index contributed by atoms with van der Waals surface area (Å²) in [6.07, 6.45) is -0.110. The number of fused-ring (bicyclic) bond motifs is 1. The minimum absolute atomic E-state index is 0.110. The molecule has 3 aromatic rings. The lowest BCUT2D eigenvalue weighted by Gasteiger charge is -2.05. The van der Waals surface area contributed by atoms with Crippen molar-refractivity contribution in [1.82, 2.24) is 10.2 Å². The number of esters is 2. The van der Waals surface area contributed by atoms with E-state index in [9.17, 15) is 14.4 Å². The van der Waals surface area contributed by atoms with Crippen LogP contribution in [0.5, 0.6) is 0 Å². The smallest absolute Gasteiger partial charge is 0.341 e. The predicted molar refractivity (Wildman–Crippen MR) is 90.6 cm³/mol. The molecule has 3 rings (SSSR count). The number of carbonyl (C=O) groups excluding carboxylic acids is 2. The molecule has 0 aliphatic heterocycles. The van der Waals surface area contributed by atoms with Gasteiger partial charge in [-0.2, -0.15) is 5.10 Å². The molecule has 0 saturated heterocycles. The first-order valence-corrected chi connectivity index (χ1v) is 7.79. The van der Waals surface area contributed by atoms with E-state index in [1.807, 2.05) is 0 Å². The number of aromatic nitrogens is 2. The second kappa shape index (κ2) is 7.22. The van der Waals surface area contributed by atoms with Crippen LogP contribution in [0, 0.1) is 6.92 Å². The van der Waals surface area contributed by atoms with E-state index in [4.69, 9.17) is 9.15 Å². The molecular formula is C18H16N2O6. The molecule has 1 N–H and O–H groups in total.